The molecule has 0 radical (unpaired) electrons. The zero-order chi connectivity index (χ0) is 15.7. The van der Waals surface area contributed by atoms with Gasteiger partial charge in [0.05, 0.1) is 10.2 Å². The van der Waals surface area contributed by atoms with Crippen LogP contribution in [0.3, 0.4) is 0 Å². The Balaban J connectivity index is 2.05. The summed E-state index contributed by atoms with van der Waals surface area (Å²) >= 11 is 1.53. The van der Waals surface area contributed by atoms with Gasteiger partial charge in [0, 0.05) is 18.8 Å². The normalized spacial score (nSPS) is 12.5. The third-order valence-corrected chi connectivity index (χ3v) is 4.52. The predicted octanol–water partition coefficient (Wildman–Crippen LogP) is 3.24. The predicted molar refractivity (Wildman–Crippen MR) is 88.0 cm³/mol. The Bertz CT molecular complexity index is 885. The smallest absolute Gasteiger partial charge is 0.300 e. The molecule has 5 nitrogen and oxygen atoms in total. The van der Waals surface area contributed by atoms with Gasteiger partial charge in [0.15, 0.2) is 10.5 Å². The fourth-order valence-corrected chi connectivity index (χ4v) is 3.39. The first kappa shape index (κ1) is 14.7. The first-order valence-corrected chi connectivity index (χ1v) is 8.14. The maximum atomic E-state index is 12.3. The average molecular weight is 314 g/mol. The number of nitrogens with zero attached hydrogens (tertiary/aromatic N) is 4. The van der Waals surface area contributed by atoms with Gasteiger partial charge in [-0.1, -0.05) is 23.5 Å². The van der Waals surface area contributed by atoms with Crippen molar-refractivity contribution in [3.05, 3.63) is 47.0 Å². The van der Waals surface area contributed by atoms with Crippen LogP contribution in [-0.2, 0) is 6.54 Å². The van der Waals surface area contributed by atoms with Gasteiger partial charge in [0.25, 0.3) is 5.91 Å². The maximum absolute atomic E-state index is 12.3. The van der Waals surface area contributed by atoms with Crippen LogP contribution in [0.2, 0.25) is 0 Å². The Morgan fingerprint density at radius 1 is 1.32 bits per heavy atom. The summed E-state index contributed by atoms with van der Waals surface area (Å²) in [6, 6.07) is 10.0. The Labute approximate surface area is 132 Å². The Morgan fingerprint density at radius 2 is 2.09 bits per heavy atom. The van der Waals surface area contributed by atoms with Crippen molar-refractivity contribution < 1.29 is 4.79 Å². The van der Waals surface area contributed by atoms with Crippen LogP contribution in [-0.4, -0.2) is 20.3 Å². The van der Waals surface area contributed by atoms with E-state index in [0.29, 0.717) is 10.5 Å². The lowest BCUT2D eigenvalue weighted by molar-refractivity contribution is 0.0992. The van der Waals surface area contributed by atoms with Crippen molar-refractivity contribution in [3.8, 4) is 0 Å². The molecule has 6 heteroatoms. The molecule has 0 unspecified atom stereocenters. The molecular weight excluding hydrogens is 296 g/mol. The number of aromatic nitrogens is 3. The number of fused-ring (bicyclic) bond motifs is 1. The number of amides is 1. The number of rotatable bonds is 3. The van der Waals surface area contributed by atoms with Gasteiger partial charge in [0.1, 0.15) is 0 Å². The number of benzene rings is 1. The first-order chi connectivity index (χ1) is 10.6. The second-order valence-electron chi connectivity index (χ2n) is 5.29. The minimum atomic E-state index is -0.298. The van der Waals surface area contributed by atoms with Gasteiger partial charge in [-0.25, -0.2) is 0 Å². The number of carbonyl (C=O) groups excluding carboxylic acids is 1. The average Bonchev–Trinajstić information content (AvgIpc) is 3.11. The van der Waals surface area contributed by atoms with Crippen LogP contribution in [0.1, 0.15) is 37.3 Å². The van der Waals surface area contributed by atoms with Crippen LogP contribution in [0.5, 0.6) is 0 Å². The molecule has 0 spiro atoms. The Morgan fingerprint density at radius 3 is 2.77 bits per heavy atom. The van der Waals surface area contributed by atoms with Gasteiger partial charge in [-0.05, 0) is 39.0 Å². The molecule has 0 N–H and O–H groups in total. The van der Waals surface area contributed by atoms with Gasteiger partial charge >= 0.3 is 0 Å². The van der Waals surface area contributed by atoms with Gasteiger partial charge in [0.2, 0.25) is 0 Å². The molecule has 0 aliphatic carbocycles. The molecule has 3 aromatic rings. The van der Waals surface area contributed by atoms with E-state index in [1.807, 2.05) is 44.3 Å². The fourth-order valence-electron chi connectivity index (χ4n) is 2.30. The molecule has 114 valence electrons. The summed E-state index contributed by atoms with van der Waals surface area (Å²) in [5.74, 6) is -0.298. The van der Waals surface area contributed by atoms with Crippen LogP contribution in [0.4, 0.5) is 0 Å². The molecule has 0 atom stereocenters. The van der Waals surface area contributed by atoms with E-state index in [4.69, 9.17) is 0 Å². The van der Waals surface area contributed by atoms with E-state index < -0.39 is 0 Å². The summed E-state index contributed by atoms with van der Waals surface area (Å²) in [6.45, 7) is 6.87. The molecule has 0 fully saturated rings. The van der Waals surface area contributed by atoms with Crippen molar-refractivity contribution in [1.29, 1.82) is 0 Å². The highest BCUT2D eigenvalue weighted by molar-refractivity contribution is 7.16. The zero-order valence-electron chi connectivity index (χ0n) is 12.9. The lowest BCUT2D eigenvalue weighted by Gasteiger charge is -2.02. The Hall–Kier alpha value is -2.21. The SMILES string of the molecule is CCn1c(=NC(=O)c2ccn(C(C)C)n2)sc2ccccc21. The van der Waals surface area contributed by atoms with Crippen molar-refractivity contribution in [2.45, 2.75) is 33.4 Å². The summed E-state index contributed by atoms with van der Waals surface area (Å²) in [7, 11) is 0. The van der Waals surface area contributed by atoms with E-state index in [1.54, 1.807) is 10.7 Å². The molecular formula is C16H18N4OS. The monoisotopic (exact) mass is 314 g/mol. The van der Waals surface area contributed by atoms with Crippen LogP contribution in [0, 0.1) is 0 Å². The van der Waals surface area contributed by atoms with Gasteiger partial charge in [-0.3, -0.25) is 9.48 Å². The van der Waals surface area contributed by atoms with Crippen LogP contribution in [0.15, 0.2) is 41.5 Å². The van der Waals surface area contributed by atoms with Crippen molar-refractivity contribution in [2.24, 2.45) is 4.99 Å². The lowest BCUT2D eigenvalue weighted by Crippen LogP contribution is -2.16. The number of hydrogen-bond acceptors (Lipinski definition) is 3. The lowest BCUT2D eigenvalue weighted by atomic mass is 10.3. The minimum Gasteiger partial charge on any atom is -0.317 e. The van der Waals surface area contributed by atoms with Gasteiger partial charge < -0.3 is 4.57 Å². The molecule has 0 saturated heterocycles. The molecule has 0 aliphatic heterocycles. The van der Waals surface area contributed by atoms with Crippen molar-refractivity contribution in [3.63, 3.8) is 0 Å². The summed E-state index contributed by atoms with van der Waals surface area (Å²) < 4.78 is 4.95. The van der Waals surface area contributed by atoms with E-state index in [0.717, 1.165) is 16.8 Å². The number of para-hydroxylation sites is 1. The number of carbonyl (C=O) groups is 1. The summed E-state index contributed by atoms with van der Waals surface area (Å²) in [6.07, 6.45) is 1.81. The molecule has 1 aromatic carbocycles. The van der Waals surface area contributed by atoms with Crippen LogP contribution < -0.4 is 4.80 Å². The van der Waals surface area contributed by atoms with Crippen molar-refractivity contribution in [1.82, 2.24) is 14.3 Å². The summed E-state index contributed by atoms with van der Waals surface area (Å²) in [4.78, 5) is 17.3. The van der Waals surface area contributed by atoms with Gasteiger partial charge in [-0.2, -0.15) is 10.1 Å². The second kappa shape index (κ2) is 5.88. The minimum absolute atomic E-state index is 0.228. The van der Waals surface area contributed by atoms with E-state index in [9.17, 15) is 4.79 Å². The highest BCUT2D eigenvalue weighted by Gasteiger charge is 2.11. The number of hydrogen-bond donors (Lipinski definition) is 0. The molecule has 3 rings (SSSR count). The van der Waals surface area contributed by atoms with Crippen molar-refractivity contribution in [2.75, 3.05) is 0 Å². The fraction of sp³-hybridized carbons (Fsp3) is 0.312. The molecule has 0 aliphatic rings. The van der Waals surface area contributed by atoms with E-state index in [-0.39, 0.29) is 11.9 Å². The van der Waals surface area contributed by atoms with Crippen LogP contribution in [0.25, 0.3) is 10.2 Å². The molecule has 0 saturated carbocycles. The molecule has 2 heterocycles. The van der Waals surface area contributed by atoms with Crippen molar-refractivity contribution >= 4 is 27.5 Å². The third kappa shape index (κ3) is 2.62. The molecule has 1 amide bonds. The molecule has 22 heavy (non-hydrogen) atoms. The standard InChI is InChI=1S/C16H18N4OS/c1-4-19-13-7-5-6-8-14(13)22-16(19)17-15(21)12-9-10-20(18-12)11(2)3/h5-11H,4H2,1-3H3. The summed E-state index contributed by atoms with van der Waals surface area (Å²) in [5, 5.41) is 4.28. The summed E-state index contributed by atoms with van der Waals surface area (Å²) in [5.41, 5.74) is 1.49. The van der Waals surface area contributed by atoms with E-state index in [2.05, 4.69) is 21.6 Å². The second-order valence-corrected chi connectivity index (χ2v) is 6.30. The molecule has 2 aromatic heterocycles. The molecule has 0 bridgehead atoms. The maximum Gasteiger partial charge on any atom is 0.300 e. The highest BCUT2D eigenvalue weighted by atomic mass is 32.1. The van der Waals surface area contributed by atoms with E-state index in [1.165, 1.54) is 11.3 Å². The van der Waals surface area contributed by atoms with Gasteiger partial charge in [-0.15, -0.1) is 0 Å². The third-order valence-electron chi connectivity index (χ3n) is 3.46. The van der Waals surface area contributed by atoms with Crippen LogP contribution >= 0.6 is 11.3 Å². The quantitative estimate of drug-likeness (QED) is 0.745. The van der Waals surface area contributed by atoms with E-state index >= 15 is 0 Å². The first-order valence-electron chi connectivity index (χ1n) is 7.32. The highest BCUT2D eigenvalue weighted by Crippen LogP contribution is 2.16. The number of aryl methyl sites for hydroxylation is 1. The topological polar surface area (TPSA) is 52.2 Å². The largest absolute Gasteiger partial charge is 0.317 e. The number of thiazole rings is 1. The zero-order valence-corrected chi connectivity index (χ0v) is 13.7. The Kier molecular flexibility index (Phi) is 3.94.